The van der Waals surface area contributed by atoms with Crippen LogP contribution in [0.4, 0.5) is 19.0 Å². The molecule has 1 aliphatic heterocycles. The van der Waals surface area contributed by atoms with Gasteiger partial charge in [0.05, 0.1) is 12.1 Å². The summed E-state index contributed by atoms with van der Waals surface area (Å²) in [5, 5.41) is 9.89. The van der Waals surface area contributed by atoms with E-state index in [1.807, 2.05) is 43.3 Å². The summed E-state index contributed by atoms with van der Waals surface area (Å²) in [5.74, 6) is -0.345. The van der Waals surface area contributed by atoms with Crippen molar-refractivity contribution in [3.63, 3.8) is 0 Å². The molecule has 0 bridgehead atoms. The molecule has 8 heteroatoms. The number of aromatic nitrogens is 2. The maximum Gasteiger partial charge on any atom is 0.410 e. The zero-order chi connectivity index (χ0) is 21.3. The number of benzene rings is 2. The number of anilines is 1. The average Bonchev–Trinajstić information content (AvgIpc) is 3.18. The second kappa shape index (κ2) is 7.85. The maximum absolute atomic E-state index is 13.8. The number of hydrogen-bond donors (Lipinski definition) is 2. The lowest BCUT2D eigenvalue weighted by Crippen LogP contribution is -2.35. The first-order chi connectivity index (χ1) is 14.3. The fraction of sp³-hybridized carbons (Fsp3) is 0.273. The van der Waals surface area contributed by atoms with E-state index in [9.17, 15) is 18.0 Å². The van der Waals surface area contributed by atoms with E-state index in [1.165, 1.54) is 6.07 Å². The molecule has 0 saturated carbocycles. The van der Waals surface area contributed by atoms with Gasteiger partial charge in [-0.1, -0.05) is 60.7 Å². The van der Waals surface area contributed by atoms with E-state index in [4.69, 9.17) is 0 Å². The summed E-state index contributed by atoms with van der Waals surface area (Å²) in [4.78, 5) is 12.7. The van der Waals surface area contributed by atoms with Crippen LogP contribution in [0.15, 0.2) is 66.7 Å². The van der Waals surface area contributed by atoms with Crippen LogP contribution in [-0.2, 0) is 0 Å². The number of carbonyl (C=O) groups excluding carboxylic acids is 1. The van der Waals surface area contributed by atoms with Gasteiger partial charge >= 0.3 is 6.18 Å². The molecule has 3 atom stereocenters. The van der Waals surface area contributed by atoms with Crippen molar-refractivity contribution in [1.82, 2.24) is 15.1 Å². The Hall–Kier alpha value is -3.29. The molecule has 1 aliphatic rings. The third kappa shape index (κ3) is 4.03. The minimum atomic E-state index is -4.49. The number of halogens is 3. The van der Waals surface area contributed by atoms with Gasteiger partial charge in [0.2, 0.25) is 0 Å². The highest BCUT2D eigenvalue weighted by Crippen LogP contribution is 2.43. The van der Waals surface area contributed by atoms with Gasteiger partial charge in [-0.05, 0) is 18.1 Å². The molecule has 3 aromatic rings. The van der Waals surface area contributed by atoms with Crippen molar-refractivity contribution in [3.05, 3.63) is 83.6 Å². The summed E-state index contributed by atoms with van der Waals surface area (Å²) in [7, 11) is 0. The number of nitrogens with one attached hydrogen (secondary N) is 2. The fourth-order valence-corrected chi connectivity index (χ4v) is 3.68. The van der Waals surface area contributed by atoms with E-state index in [0.717, 1.165) is 15.8 Å². The SMILES string of the molecule is C[C@@H](NC(=O)c1cc2n(n1)[C@H](C(F)(F)F)C[C@H](c1ccccc1)N2)c1ccccc1. The van der Waals surface area contributed by atoms with E-state index >= 15 is 0 Å². The molecule has 1 amide bonds. The van der Waals surface area contributed by atoms with Gasteiger partial charge in [0.1, 0.15) is 5.82 Å². The zero-order valence-electron chi connectivity index (χ0n) is 16.2. The minimum absolute atomic E-state index is 0.0526. The molecule has 0 aliphatic carbocycles. The smallest absolute Gasteiger partial charge is 0.363 e. The van der Waals surface area contributed by atoms with Crippen LogP contribution < -0.4 is 10.6 Å². The van der Waals surface area contributed by atoms with E-state index in [0.29, 0.717) is 0 Å². The number of fused-ring (bicyclic) bond motifs is 1. The number of alkyl halides is 3. The Labute approximate surface area is 171 Å². The van der Waals surface area contributed by atoms with Crippen LogP contribution in [0.1, 0.15) is 53.1 Å². The summed E-state index contributed by atoms with van der Waals surface area (Å²) >= 11 is 0. The van der Waals surface area contributed by atoms with Crippen molar-refractivity contribution < 1.29 is 18.0 Å². The number of nitrogens with zero attached hydrogens (tertiary/aromatic N) is 2. The van der Waals surface area contributed by atoms with Gasteiger partial charge in [0.15, 0.2) is 11.7 Å². The zero-order valence-corrected chi connectivity index (χ0v) is 16.2. The molecule has 0 fully saturated rings. The highest BCUT2D eigenvalue weighted by molar-refractivity contribution is 5.93. The second-order valence-electron chi connectivity index (χ2n) is 7.37. The van der Waals surface area contributed by atoms with Crippen molar-refractivity contribution in [1.29, 1.82) is 0 Å². The lowest BCUT2D eigenvalue weighted by Gasteiger charge is -2.33. The summed E-state index contributed by atoms with van der Waals surface area (Å²) in [6, 6.07) is 17.0. The van der Waals surface area contributed by atoms with Crippen LogP contribution in [0.2, 0.25) is 0 Å². The Kier molecular flexibility index (Phi) is 5.24. The van der Waals surface area contributed by atoms with Gasteiger partial charge in [-0.25, -0.2) is 4.68 Å². The highest BCUT2D eigenvalue weighted by Gasteiger charge is 2.46. The summed E-state index contributed by atoms with van der Waals surface area (Å²) in [6.07, 6.45) is -4.69. The van der Waals surface area contributed by atoms with E-state index < -0.39 is 24.2 Å². The normalized spacial score (nSPS) is 19.5. The monoisotopic (exact) mass is 414 g/mol. The van der Waals surface area contributed by atoms with Crippen molar-refractivity contribution in [2.75, 3.05) is 5.32 Å². The van der Waals surface area contributed by atoms with Crippen LogP contribution in [0.3, 0.4) is 0 Å². The van der Waals surface area contributed by atoms with E-state index in [1.54, 1.807) is 24.3 Å². The van der Waals surface area contributed by atoms with Gasteiger partial charge in [-0.2, -0.15) is 18.3 Å². The average molecular weight is 414 g/mol. The Morgan fingerprint density at radius 1 is 1.13 bits per heavy atom. The molecule has 1 aromatic heterocycles. The molecule has 2 aromatic carbocycles. The molecule has 2 heterocycles. The molecule has 0 spiro atoms. The van der Waals surface area contributed by atoms with Gasteiger partial charge in [0.25, 0.3) is 5.91 Å². The van der Waals surface area contributed by atoms with Crippen LogP contribution in [0, 0.1) is 0 Å². The molecule has 30 heavy (non-hydrogen) atoms. The molecule has 0 unspecified atom stereocenters. The lowest BCUT2D eigenvalue weighted by molar-refractivity contribution is -0.173. The second-order valence-corrected chi connectivity index (χ2v) is 7.37. The Balaban J connectivity index is 1.60. The Morgan fingerprint density at radius 2 is 1.77 bits per heavy atom. The van der Waals surface area contributed by atoms with Crippen molar-refractivity contribution in [2.45, 2.75) is 37.6 Å². The summed E-state index contributed by atoms with van der Waals surface area (Å²) < 4.78 is 42.2. The molecular weight excluding hydrogens is 393 g/mol. The van der Waals surface area contributed by atoms with Crippen molar-refractivity contribution >= 4 is 11.7 Å². The quantitative estimate of drug-likeness (QED) is 0.629. The number of rotatable bonds is 4. The largest absolute Gasteiger partial charge is 0.410 e. The van der Waals surface area contributed by atoms with Crippen LogP contribution in [0.5, 0.6) is 0 Å². The maximum atomic E-state index is 13.8. The first-order valence-electron chi connectivity index (χ1n) is 9.66. The third-order valence-corrected chi connectivity index (χ3v) is 5.27. The lowest BCUT2D eigenvalue weighted by atomic mass is 9.97. The van der Waals surface area contributed by atoms with Gasteiger partial charge in [-0.15, -0.1) is 0 Å². The van der Waals surface area contributed by atoms with Gasteiger partial charge < -0.3 is 10.6 Å². The molecule has 5 nitrogen and oxygen atoms in total. The number of carbonyl (C=O) groups is 1. The Bertz CT molecular complexity index is 1020. The van der Waals surface area contributed by atoms with Gasteiger partial charge in [0, 0.05) is 12.5 Å². The van der Waals surface area contributed by atoms with Gasteiger partial charge in [-0.3, -0.25) is 4.79 Å². The fourth-order valence-electron chi connectivity index (χ4n) is 3.68. The topological polar surface area (TPSA) is 59.0 Å². The molecule has 156 valence electrons. The summed E-state index contributed by atoms with van der Waals surface area (Å²) in [6.45, 7) is 1.81. The first-order valence-corrected chi connectivity index (χ1v) is 9.66. The standard InChI is InChI=1S/C22H21F3N4O/c1-14(15-8-4-2-5-9-15)26-21(30)18-13-20-27-17(16-10-6-3-7-11-16)12-19(22(23,24)25)29(20)28-18/h2-11,13-14,17,19,27H,12H2,1H3,(H,26,30)/t14-,17-,19+/m1/s1. The minimum Gasteiger partial charge on any atom is -0.363 e. The summed E-state index contributed by atoms with van der Waals surface area (Å²) in [5.41, 5.74) is 1.59. The van der Waals surface area contributed by atoms with Crippen LogP contribution in [0.25, 0.3) is 0 Å². The number of hydrogen-bond acceptors (Lipinski definition) is 3. The van der Waals surface area contributed by atoms with Crippen LogP contribution in [-0.4, -0.2) is 21.9 Å². The third-order valence-electron chi connectivity index (χ3n) is 5.27. The molecular formula is C22H21F3N4O. The predicted molar refractivity (Wildman–Crippen MR) is 107 cm³/mol. The highest BCUT2D eigenvalue weighted by atomic mass is 19.4. The van der Waals surface area contributed by atoms with Crippen molar-refractivity contribution in [2.24, 2.45) is 0 Å². The van der Waals surface area contributed by atoms with E-state index in [-0.39, 0.29) is 24.0 Å². The molecule has 0 saturated heterocycles. The predicted octanol–water partition coefficient (Wildman–Crippen LogP) is 5.03. The van der Waals surface area contributed by atoms with Crippen LogP contribution >= 0.6 is 0 Å². The Morgan fingerprint density at radius 3 is 2.40 bits per heavy atom. The molecule has 4 rings (SSSR count). The first kappa shape index (κ1) is 20.0. The van der Waals surface area contributed by atoms with Crippen molar-refractivity contribution in [3.8, 4) is 0 Å². The van der Waals surface area contributed by atoms with E-state index in [2.05, 4.69) is 15.7 Å². The molecule has 2 N–H and O–H groups in total. The number of amides is 1. The molecule has 0 radical (unpaired) electrons.